The lowest BCUT2D eigenvalue weighted by molar-refractivity contribution is -0.145. The number of methoxy groups -OCH3 is 1. The van der Waals surface area contributed by atoms with Crippen molar-refractivity contribution in [3.8, 4) is 0 Å². The van der Waals surface area contributed by atoms with Gasteiger partial charge in [0.05, 0.1) is 13.0 Å². The van der Waals surface area contributed by atoms with E-state index in [-0.39, 0.29) is 17.9 Å². The molecule has 3 N–H and O–H groups in total. The van der Waals surface area contributed by atoms with Crippen LogP contribution in [0.4, 0.5) is 0 Å². The number of carbonyl (C=O) groups is 2. The molecule has 5 heteroatoms. The molecule has 0 bridgehead atoms. The number of rotatable bonds is 4. The summed E-state index contributed by atoms with van der Waals surface area (Å²) >= 11 is 0. The first kappa shape index (κ1) is 14.3. The highest BCUT2D eigenvalue weighted by molar-refractivity contribution is 5.87. The summed E-state index contributed by atoms with van der Waals surface area (Å²) in [5, 5.41) is 2.73. The van der Waals surface area contributed by atoms with Crippen LogP contribution in [0.3, 0.4) is 0 Å². The minimum absolute atomic E-state index is 0.0981. The number of amides is 1. The number of hydrogen-bond acceptors (Lipinski definition) is 4. The average Bonchev–Trinajstić information content (AvgIpc) is 2.91. The molecule has 20 heavy (non-hydrogen) atoms. The molecule has 0 fully saturated rings. The molecule has 0 saturated heterocycles. The molecule has 0 heterocycles. The molecule has 0 aliphatic heterocycles. The molecule has 1 amide bonds. The Morgan fingerprint density at radius 1 is 1.30 bits per heavy atom. The first-order chi connectivity index (χ1) is 9.61. The van der Waals surface area contributed by atoms with Crippen molar-refractivity contribution in [2.75, 3.05) is 7.11 Å². The van der Waals surface area contributed by atoms with Crippen LogP contribution in [-0.2, 0) is 14.3 Å². The van der Waals surface area contributed by atoms with E-state index in [0.29, 0.717) is 12.0 Å². The van der Waals surface area contributed by atoms with Gasteiger partial charge in [0.2, 0.25) is 5.91 Å². The van der Waals surface area contributed by atoms with Gasteiger partial charge in [0.25, 0.3) is 0 Å². The third-order valence-electron chi connectivity index (χ3n) is 3.31. The minimum atomic E-state index is -0.793. The molecule has 1 aliphatic rings. The van der Waals surface area contributed by atoms with Gasteiger partial charge in [0.15, 0.2) is 6.04 Å². The Morgan fingerprint density at radius 3 is 2.55 bits per heavy atom. The van der Waals surface area contributed by atoms with Crippen LogP contribution in [0.25, 0.3) is 0 Å². The van der Waals surface area contributed by atoms with Gasteiger partial charge in [0, 0.05) is 6.04 Å². The van der Waals surface area contributed by atoms with E-state index in [2.05, 4.69) is 5.32 Å². The SMILES string of the molecule is COC(=O)C(NC(=O)C1C=CC(N)C1)c1ccccc1. The highest BCUT2D eigenvalue weighted by atomic mass is 16.5. The number of benzene rings is 1. The summed E-state index contributed by atoms with van der Waals surface area (Å²) < 4.78 is 4.76. The maximum absolute atomic E-state index is 12.2. The average molecular weight is 274 g/mol. The molecule has 2 rings (SSSR count). The molecule has 1 aromatic rings. The summed E-state index contributed by atoms with van der Waals surface area (Å²) in [4.78, 5) is 24.0. The zero-order valence-electron chi connectivity index (χ0n) is 11.3. The van der Waals surface area contributed by atoms with Gasteiger partial charge in [-0.2, -0.15) is 0 Å². The van der Waals surface area contributed by atoms with Gasteiger partial charge in [-0.15, -0.1) is 0 Å². The predicted octanol–water partition coefficient (Wildman–Crippen LogP) is 0.920. The number of carbonyl (C=O) groups excluding carboxylic acids is 2. The molecule has 106 valence electrons. The molecule has 0 saturated carbocycles. The third-order valence-corrected chi connectivity index (χ3v) is 3.31. The smallest absolute Gasteiger partial charge is 0.333 e. The van der Waals surface area contributed by atoms with Gasteiger partial charge in [0.1, 0.15) is 0 Å². The molecule has 3 atom stereocenters. The van der Waals surface area contributed by atoms with Crippen LogP contribution in [0.1, 0.15) is 18.0 Å². The molecule has 1 aliphatic carbocycles. The summed E-state index contributed by atoms with van der Waals surface area (Å²) in [6.07, 6.45) is 4.15. The molecule has 0 aromatic heterocycles. The highest BCUT2D eigenvalue weighted by Crippen LogP contribution is 2.20. The van der Waals surface area contributed by atoms with Crippen molar-refractivity contribution in [1.82, 2.24) is 5.32 Å². The topological polar surface area (TPSA) is 81.4 Å². The van der Waals surface area contributed by atoms with E-state index in [1.807, 2.05) is 18.2 Å². The second-order valence-corrected chi connectivity index (χ2v) is 4.77. The fourth-order valence-electron chi connectivity index (χ4n) is 2.21. The van der Waals surface area contributed by atoms with E-state index >= 15 is 0 Å². The molecule has 1 aromatic carbocycles. The fraction of sp³-hybridized carbons (Fsp3) is 0.333. The summed E-state index contributed by atoms with van der Waals surface area (Å²) in [5.74, 6) is -0.995. The standard InChI is InChI=1S/C15H18N2O3/c1-20-15(19)13(10-5-3-2-4-6-10)17-14(18)11-7-8-12(16)9-11/h2-8,11-13H,9,16H2,1H3,(H,17,18). The van der Waals surface area contributed by atoms with Crippen molar-refractivity contribution in [3.05, 3.63) is 48.0 Å². The Morgan fingerprint density at radius 2 is 2.00 bits per heavy atom. The first-order valence-electron chi connectivity index (χ1n) is 6.49. The number of ether oxygens (including phenoxy) is 1. The minimum Gasteiger partial charge on any atom is -0.467 e. The van der Waals surface area contributed by atoms with E-state index in [0.717, 1.165) is 0 Å². The van der Waals surface area contributed by atoms with Gasteiger partial charge < -0.3 is 15.8 Å². The monoisotopic (exact) mass is 274 g/mol. The van der Waals surface area contributed by atoms with Crippen LogP contribution in [0.15, 0.2) is 42.5 Å². The highest BCUT2D eigenvalue weighted by Gasteiger charge is 2.28. The van der Waals surface area contributed by atoms with Crippen molar-refractivity contribution in [3.63, 3.8) is 0 Å². The van der Waals surface area contributed by atoms with Crippen LogP contribution in [0, 0.1) is 5.92 Å². The lowest BCUT2D eigenvalue weighted by atomic mass is 10.0. The van der Waals surface area contributed by atoms with Crippen LogP contribution in [0.2, 0.25) is 0 Å². The van der Waals surface area contributed by atoms with Crippen LogP contribution in [0.5, 0.6) is 0 Å². The summed E-state index contributed by atoms with van der Waals surface area (Å²) in [6, 6.07) is 8.12. The summed E-state index contributed by atoms with van der Waals surface area (Å²) in [5.41, 5.74) is 6.43. The van der Waals surface area contributed by atoms with Gasteiger partial charge >= 0.3 is 5.97 Å². The molecule has 0 radical (unpaired) electrons. The second kappa shape index (κ2) is 6.34. The van der Waals surface area contributed by atoms with Crippen molar-refractivity contribution in [2.45, 2.75) is 18.5 Å². The quantitative estimate of drug-likeness (QED) is 0.632. The van der Waals surface area contributed by atoms with Crippen molar-refractivity contribution in [1.29, 1.82) is 0 Å². The Hall–Kier alpha value is -2.14. The number of nitrogens with one attached hydrogen (secondary N) is 1. The van der Waals surface area contributed by atoms with E-state index < -0.39 is 12.0 Å². The maximum atomic E-state index is 12.2. The van der Waals surface area contributed by atoms with E-state index in [9.17, 15) is 9.59 Å². The first-order valence-corrected chi connectivity index (χ1v) is 6.49. The molecular weight excluding hydrogens is 256 g/mol. The summed E-state index contributed by atoms with van der Waals surface area (Å²) in [7, 11) is 1.30. The summed E-state index contributed by atoms with van der Waals surface area (Å²) in [6.45, 7) is 0. The van der Waals surface area contributed by atoms with Gasteiger partial charge in [-0.05, 0) is 12.0 Å². The van der Waals surface area contributed by atoms with Gasteiger partial charge in [-0.1, -0.05) is 42.5 Å². The van der Waals surface area contributed by atoms with Crippen molar-refractivity contribution < 1.29 is 14.3 Å². The van der Waals surface area contributed by atoms with Gasteiger partial charge in [-0.25, -0.2) is 4.79 Å². The number of hydrogen-bond donors (Lipinski definition) is 2. The predicted molar refractivity (Wildman–Crippen MR) is 74.6 cm³/mol. The van der Waals surface area contributed by atoms with Crippen molar-refractivity contribution in [2.24, 2.45) is 11.7 Å². The molecule has 0 spiro atoms. The van der Waals surface area contributed by atoms with Crippen LogP contribution < -0.4 is 11.1 Å². The Bertz CT molecular complexity index is 513. The zero-order chi connectivity index (χ0) is 14.5. The lowest BCUT2D eigenvalue weighted by Gasteiger charge is -2.19. The van der Waals surface area contributed by atoms with E-state index in [4.69, 9.17) is 10.5 Å². The van der Waals surface area contributed by atoms with E-state index in [1.165, 1.54) is 7.11 Å². The van der Waals surface area contributed by atoms with E-state index in [1.54, 1.807) is 24.3 Å². The Labute approximate surface area is 117 Å². The fourth-order valence-corrected chi connectivity index (χ4v) is 2.21. The van der Waals surface area contributed by atoms with Crippen LogP contribution >= 0.6 is 0 Å². The van der Waals surface area contributed by atoms with Crippen LogP contribution in [-0.4, -0.2) is 25.0 Å². The van der Waals surface area contributed by atoms with Crippen molar-refractivity contribution >= 4 is 11.9 Å². The molecule has 5 nitrogen and oxygen atoms in total. The van der Waals surface area contributed by atoms with Gasteiger partial charge in [-0.3, -0.25) is 4.79 Å². The molecule has 3 unspecified atom stereocenters. The Balaban J connectivity index is 2.11. The Kier molecular flexibility index (Phi) is 4.53. The normalized spacial score (nSPS) is 22.3. The number of nitrogens with two attached hydrogens (primary N) is 1. The number of esters is 1. The zero-order valence-corrected chi connectivity index (χ0v) is 11.3. The molecular formula is C15H18N2O3. The lowest BCUT2D eigenvalue weighted by Crippen LogP contribution is -2.38. The third kappa shape index (κ3) is 3.24. The second-order valence-electron chi connectivity index (χ2n) is 4.77. The largest absolute Gasteiger partial charge is 0.467 e. The maximum Gasteiger partial charge on any atom is 0.333 e.